The molecule has 0 amide bonds. The Balaban J connectivity index is 2.33. The van der Waals surface area contributed by atoms with Gasteiger partial charge in [0.25, 0.3) is 0 Å². The lowest BCUT2D eigenvalue weighted by Gasteiger charge is -2.21. The number of alkyl halides is 1. The van der Waals surface area contributed by atoms with Crippen LogP contribution in [-0.2, 0) is 13.1 Å². The van der Waals surface area contributed by atoms with E-state index in [0.29, 0.717) is 11.9 Å². The zero-order valence-electron chi connectivity index (χ0n) is 11.2. The Morgan fingerprint density at radius 1 is 1.39 bits per heavy atom. The smallest absolute Gasteiger partial charge is 0.0843 e. The third-order valence-electron chi connectivity index (χ3n) is 3.41. The standard InChI is InChI=1S/C14H20ClN3/c1-4-18-14-8-6-5-7-12(14)13(16-18)10-17(3)11(2)9-15/h5-8,11H,4,9-10H2,1-3H3. The van der Waals surface area contributed by atoms with Crippen molar-refractivity contribution in [1.29, 1.82) is 0 Å². The number of rotatable bonds is 5. The molecule has 18 heavy (non-hydrogen) atoms. The highest BCUT2D eigenvalue weighted by Crippen LogP contribution is 2.20. The lowest BCUT2D eigenvalue weighted by Crippen LogP contribution is -2.30. The molecule has 1 atom stereocenters. The quantitative estimate of drug-likeness (QED) is 0.775. The second-order valence-electron chi connectivity index (χ2n) is 4.70. The highest BCUT2D eigenvalue weighted by molar-refractivity contribution is 6.18. The van der Waals surface area contributed by atoms with Gasteiger partial charge < -0.3 is 0 Å². The molecule has 0 saturated heterocycles. The summed E-state index contributed by atoms with van der Waals surface area (Å²) in [5.41, 5.74) is 2.34. The second kappa shape index (κ2) is 5.72. The van der Waals surface area contributed by atoms with Crippen LogP contribution in [0.1, 0.15) is 19.5 Å². The number of hydrogen-bond donors (Lipinski definition) is 0. The molecule has 1 heterocycles. The molecule has 0 saturated carbocycles. The molecule has 98 valence electrons. The van der Waals surface area contributed by atoms with E-state index in [1.807, 2.05) is 0 Å². The lowest BCUT2D eigenvalue weighted by atomic mass is 10.2. The van der Waals surface area contributed by atoms with E-state index in [-0.39, 0.29) is 0 Å². The monoisotopic (exact) mass is 265 g/mol. The van der Waals surface area contributed by atoms with Gasteiger partial charge in [0.1, 0.15) is 0 Å². The van der Waals surface area contributed by atoms with Crippen molar-refractivity contribution in [3.63, 3.8) is 0 Å². The molecule has 3 nitrogen and oxygen atoms in total. The summed E-state index contributed by atoms with van der Waals surface area (Å²) >= 11 is 5.90. The maximum atomic E-state index is 5.90. The van der Waals surface area contributed by atoms with Crippen LogP contribution < -0.4 is 0 Å². The molecule has 4 heteroatoms. The van der Waals surface area contributed by atoms with E-state index in [9.17, 15) is 0 Å². The minimum Gasteiger partial charge on any atom is -0.297 e. The van der Waals surface area contributed by atoms with Gasteiger partial charge in [-0.15, -0.1) is 11.6 Å². The van der Waals surface area contributed by atoms with Gasteiger partial charge in [-0.05, 0) is 27.0 Å². The third-order valence-corrected chi connectivity index (χ3v) is 3.86. The van der Waals surface area contributed by atoms with Crippen LogP contribution in [0.2, 0.25) is 0 Å². The molecule has 0 bridgehead atoms. The fourth-order valence-corrected chi connectivity index (χ4v) is 2.30. The molecule has 0 N–H and O–H groups in total. The van der Waals surface area contributed by atoms with Crippen molar-refractivity contribution >= 4 is 22.5 Å². The lowest BCUT2D eigenvalue weighted by molar-refractivity contribution is 0.265. The van der Waals surface area contributed by atoms with Gasteiger partial charge in [-0.1, -0.05) is 18.2 Å². The van der Waals surface area contributed by atoms with Crippen LogP contribution in [-0.4, -0.2) is 33.6 Å². The minimum absolute atomic E-state index is 0.359. The normalized spacial score (nSPS) is 13.4. The maximum Gasteiger partial charge on any atom is 0.0843 e. The average Bonchev–Trinajstić information content (AvgIpc) is 2.76. The molecule has 0 radical (unpaired) electrons. The number of para-hydroxylation sites is 1. The highest BCUT2D eigenvalue weighted by atomic mass is 35.5. The molecule has 1 aromatic carbocycles. The van der Waals surface area contributed by atoms with E-state index in [4.69, 9.17) is 16.7 Å². The van der Waals surface area contributed by atoms with Crippen LogP contribution in [0.4, 0.5) is 0 Å². The van der Waals surface area contributed by atoms with Crippen LogP contribution in [0, 0.1) is 0 Å². The SMILES string of the molecule is CCn1nc(CN(C)C(C)CCl)c2ccccc21. The summed E-state index contributed by atoms with van der Waals surface area (Å²) in [5.74, 6) is 0.642. The number of fused-ring (bicyclic) bond motifs is 1. The predicted octanol–water partition coefficient (Wildman–Crippen LogP) is 3.12. The van der Waals surface area contributed by atoms with Crippen molar-refractivity contribution in [2.45, 2.75) is 33.0 Å². The zero-order chi connectivity index (χ0) is 13.1. The fourth-order valence-electron chi connectivity index (χ4n) is 2.06. The largest absolute Gasteiger partial charge is 0.297 e. The van der Waals surface area contributed by atoms with Crippen molar-refractivity contribution in [3.8, 4) is 0 Å². The molecule has 2 aromatic rings. The summed E-state index contributed by atoms with van der Waals surface area (Å²) in [7, 11) is 2.09. The molecular weight excluding hydrogens is 246 g/mol. The fraction of sp³-hybridized carbons (Fsp3) is 0.500. The van der Waals surface area contributed by atoms with Gasteiger partial charge in [-0.3, -0.25) is 9.58 Å². The number of halogens is 1. The summed E-state index contributed by atoms with van der Waals surface area (Å²) in [6, 6.07) is 8.75. The predicted molar refractivity (Wildman–Crippen MR) is 77.1 cm³/mol. The highest BCUT2D eigenvalue weighted by Gasteiger charge is 2.14. The summed E-state index contributed by atoms with van der Waals surface area (Å²) < 4.78 is 2.06. The second-order valence-corrected chi connectivity index (χ2v) is 5.01. The Morgan fingerprint density at radius 2 is 2.11 bits per heavy atom. The van der Waals surface area contributed by atoms with Gasteiger partial charge in [0.2, 0.25) is 0 Å². The van der Waals surface area contributed by atoms with E-state index in [1.54, 1.807) is 0 Å². The van der Waals surface area contributed by atoms with Crippen LogP contribution in [0.3, 0.4) is 0 Å². The van der Waals surface area contributed by atoms with Gasteiger partial charge in [0.15, 0.2) is 0 Å². The maximum absolute atomic E-state index is 5.90. The van der Waals surface area contributed by atoms with Crippen LogP contribution >= 0.6 is 11.6 Å². The first-order valence-electron chi connectivity index (χ1n) is 6.38. The van der Waals surface area contributed by atoms with Crippen molar-refractivity contribution in [2.24, 2.45) is 0 Å². The number of benzene rings is 1. The summed E-state index contributed by atoms with van der Waals surface area (Å²) in [5, 5.41) is 5.94. The topological polar surface area (TPSA) is 21.1 Å². The van der Waals surface area contributed by atoms with Gasteiger partial charge in [-0.25, -0.2) is 0 Å². The Kier molecular flexibility index (Phi) is 4.25. The molecule has 0 aliphatic carbocycles. The van der Waals surface area contributed by atoms with Crippen LogP contribution in [0.5, 0.6) is 0 Å². The van der Waals surface area contributed by atoms with Crippen molar-refractivity contribution in [2.75, 3.05) is 12.9 Å². The molecule has 0 aliphatic heterocycles. The first kappa shape index (κ1) is 13.4. The number of aryl methyl sites for hydroxylation is 1. The Morgan fingerprint density at radius 3 is 2.78 bits per heavy atom. The van der Waals surface area contributed by atoms with Crippen molar-refractivity contribution in [3.05, 3.63) is 30.0 Å². The number of hydrogen-bond acceptors (Lipinski definition) is 2. The average molecular weight is 266 g/mol. The van der Waals surface area contributed by atoms with E-state index in [0.717, 1.165) is 18.8 Å². The molecule has 1 aromatic heterocycles. The van der Waals surface area contributed by atoms with Crippen molar-refractivity contribution in [1.82, 2.24) is 14.7 Å². The van der Waals surface area contributed by atoms with E-state index < -0.39 is 0 Å². The van der Waals surface area contributed by atoms with Crippen LogP contribution in [0.25, 0.3) is 10.9 Å². The Hall–Kier alpha value is -1.06. The molecule has 1 unspecified atom stereocenters. The van der Waals surface area contributed by atoms with Gasteiger partial charge in [0.05, 0.1) is 11.2 Å². The number of aromatic nitrogens is 2. The van der Waals surface area contributed by atoms with E-state index in [2.05, 4.69) is 54.7 Å². The summed E-state index contributed by atoms with van der Waals surface area (Å²) in [6.45, 7) is 5.98. The molecule has 0 fully saturated rings. The minimum atomic E-state index is 0.359. The molecule has 0 spiro atoms. The van der Waals surface area contributed by atoms with Crippen LogP contribution in [0.15, 0.2) is 24.3 Å². The summed E-state index contributed by atoms with van der Waals surface area (Å²) in [4.78, 5) is 2.24. The van der Waals surface area contributed by atoms with E-state index in [1.165, 1.54) is 10.9 Å². The van der Waals surface area contributed by atoms with Gasteiger partial charge in [0, 0.05) is 30.4 Å². The Bertz CT molecular complexity index is 521. The molecule has 0 aliphatic rings. The Labute approximate surface area is 113 Å². The molecular formula is C14H20ClN3. The summed E-state index contributed by atoms with van der Waals surface area (Å²) in [6.07, 6.45) is 0. The molecule has 2 rings (SSSR count). The zero-order valence-corrected chi connectivity index (χ0v) is 12.0. The first-order chi connectivity index (χ1) is 8.67. The third kappa shape index (κ3) is 2.52. The van der Waals surface area contributed by atoms with E-state index >= 15 is 0 Å². The first-order valence-corrected chi connectivity index (χ1v) is 6.91. The van der Waals surface area contributed by atoms with Crippen molar-refractivity contribution < 1.29 is 0 Å². The van der Waals surface area contributed by atoms with Gasteiger partial charge >= 0.3 is 0 Å². The van der Waals surface area contributed by atoms with Gasteiger partial charge in [-0.2, -0.15) is 5.10 Å². The number of nitrogens with zero attached hydrogens (tertiary/aromatic N) is 3.